The lowest BCUT2D eigenvalue weighted by Crippen LogP contribution is -2.20. The minimum absolute atomic E-state index is 0.352. The van der Waals surface area contributed by atoms with Gasteiger partial charge < -0.3 is 5.32 Å². The topological polar surface area (TPSA) is 50.7 Å². The highest BCUT2D eigenvalue weighted by Gasteiger charge is 2.20. The lowest BCUT2D eigenvalue weighted by Gasteiger charge is -2.11. The van der Waals surface area contributed by atoms with Gasteiger partial charge in [-0.1, -0.05) is 0 Å². The van der Waals surface area contributed by atoms with Crippen LogP contribution < -0.4 is 5.32 Å². The Balaban J connectivity index is 1.79. The molecule has 4 nitrogen and oxygen atoms in total. The number of aromatic nitrogens is 3. The zero-order valence-electron chi connectivity index (χ0n) is 12.4. The van der Waals surface area contributed by atoms with Crippen molar-refractivity contribution in [2.24, 2.45) is 0 Å². The standard InChI is InChI=1S/C16H19FN4/c1-10-14(7-8-18-13-4-5-13)11(2)21-16(20-10)15-6-3-12(17)9-19-15/h3,6,9,13,18H,4-5,7-8H2,1-2H3. The molecule has 0 bridgehead atoms. The van der Waals surface area contributed by atoms with Gasteiger partial charge in [-0.25, -0.2) is 19.3 Å². The van der Waals surface area contributed by atoms with Crippen molar-refractivity contribution in [2.75, 3.05) is 6.54 Å². The van der Waals surface area contributed by atoms with Crippen molar-refractivity contribution in [3.63, 3.8) is 0 Å². The molecule has 2 aromatic rings. The third-order valence-corrected chi connectivity index (χ3v) is 3.76. The summed E-state index contributed by atoms with van der Waals surface area (Å²) < 4.78 is 12.9. The van der Waals surface area contributed by atoms with Crippen molar-refractivity contribution >= 4 is 0 Å². The van der Waals surface area contributed by atoms with Crippen LogP contribution in [0.2, 0.25) is 0 Å². The van der Waals surface area contributed by atoms with E-state index in [2.05, 4.69) is 20.3 Å². The zero-order valence-corrected chi connectivity index (χ0v) is 12.4. The second kappa shape index (κ2) is 5.85. The predicted octanol–water partition coefficient (Wildman–Crippen LogP) is 2.59. The van der Waals surface area contributed by atoms with Crippen LogP contribution in [0.1, 0.15) is 29.8 Å². The third-order valence-electron chi connectivity index (χ3n) is 3.76. The van der Waals surface area contributed by atoms with Gasteiger partial charge in [0, 0.05) is 17.4 Å². The Hall–Kier alpha value is -1.88. The molecule has 0 aromatic carbocycles. The van der Waals surface area contributed by atoms with E-state index in [-0.39, 0.29) is 5.82 Å². The van der Waals surface area contributed by atoms with Crippen LogP contribution in [0.15, 0.2) is 18.3 Å². The average molecular weight is 286 g/mol. The van der Waals surface area contributed by atoms with Crippen molar-refractivity contribution in [3.05, 3.63) is 41.1 Å². The van der Waals surface area contributed by atoms with E-state index in [4.69, 9.17) is 0 Å². The molecule has 5 heteroatoms. The number of pyridine rings is 1. The van der Waals surface area contributed by atoms with E-state index < -0.39 is 0 Å². The largest absolute Gasteiger partial charge is 0.314 e. The quantitative estimate of drug-likeness (QED) is 0.918. The predicted molar refractivity (Wildman–Crippen MR) is 79.4 cm³/mol. The first-order valence-corrected chi connectivity index (χ1v) is 7.33. The van der Waals surface area contributed by atoms with Gasteiger partial charge in [0.1, 0.15) is 11.5 Å². The summed E-state index contributed by atoms with van der Waals surface area (Å²) >= 11 is 0. The molecule has 0 amide bonds. The van der Waals surface area contributed by atoms with Crippen LogP contribution in [0.3, 0.4) is 0 Å². The molecule has 1 saturated carbocycles. The van der Waals surface area contributed by atoms with E-state index in [0.29, 0.717) is 17.6 Å². The van der Waals surface area contributed by atoms with Gasteiger partial charge >= 0.3 is 0 Å². The van der Waals surface area contributed by atoms with E-state index in [1.54, 1.807) is 6.07 Å². The van der Waals surface area contributed by atoms with Gasteiger partial charge in [0.2, 0.25) is 0 Å². The lowest BCUT2D eigenvalue weighted by molar-refractivity contribution is 0.621. The van der Waals surface area contributed by atoms with Crippen LogP contribution in [0.4, 0.5) is 4.39 Å². The molecule has 0 unspecified atom stereocenters. The van der Waals surface area contributed by atoms with Crippen molar-refractivity contribution < 1.29 is 4.39 Å². The fourth-order valence-corrected chi connectivity index (χ4v) is 2.41. The highest BCUT2D eigenvalue weighted by molar-refractivity contribution is 5.50. The van der Waals surface area contributed by atoms with Crippen molar-refractivity contribution in [1.82, 2.24) is 20.3 Å². The summed E-state index contributed by atoms with van der Waals surface area (Å²) in [7, 11) is 0. The maximum atomic E-state index is 12.9. The Labute approximate surface area is 123 Å². The van der Waals surface area contributed by atoms with Crippen LogP contribution in [0.5, 0.6) is 0 Å². The minimum Gasteiger partial charge on any atom is -0.314 e. The number of aryl methyl sites for hydroxylation is 2. The van der Waals surface area contributed by atoms with Gasteiger partial charge in [-0.3, -0.25) is 0 Å². The molecular weight excluding hydrogens is 267 g/mol. The number of nitrogens with zero attached hydrogens (tertiary/aromatic N) is 3. The van der Waals surface area contributed by atoms with E-state index in [0.717, 1.165) is 24.4 Å². The van der Waals surface area contributed by atoms with E-state index in [1.807, 2.05) is 13.8 Å². The number of halogens is 1. The smallest absolute Gasteiger partial charge is 0.178 e. The van der Waals surface area contributed by atoms with Crippen LogP contribution in [0, 0.1) is 19.7 Å². The second-order valence-electron chi connectivity index (χ2n) is 5.54. The molecule has 3 rings (SSSR count). The van der Waals surface area contributed by atoms with Gasteiger partial charge in [0.25, 0.3) is 0 Å². The molecule has 1 N–H and O–H groups in total. The van der Waals surface area contributed by atoms with Gasteiger partial charge in [-0.15, -0.1) is 0 Å². The summed E-state index contributed by atoms with van der Waals surface area (Å²) in [4.78, 5) is 13.1. The second-order valence-corrected chi connectivity index (χ2v) is 5.54. The number of rotatable bonds is 5. The van der Waals surface area contributed by atoms with Gasteiger partial charge in [-0.2, -0.15) is 0 Å². The Morgan fingerprint density at radius 2 is 1.90 bits per heavy atom. The first-order valence-electron chi connectivity index (χ1n) is 7.33. The number of hydrogen-bond donors (Lipinski definition) is 1. The maximum absolute atomic E-state index is 12.9. The molecule has 1 aliphatic rings. The highest BCUT2D eigenvalue weighted by Crippen LogP contribution is 2.20. The fourth-order valence-electron chi connectivity index (χ4n) is 2.41. The van der Waals surface area contributed by atoms with Crippen molar-refractivity contribution in [2.45, 2.75) is 39.2 Å². The molecule has 0 saturated heterocycles. The molecule has 2 aromatic heterocycles. The third kappa shape index (κ3) is 3.42. The molecular formula is C16H19FN4. The average Bonchev–Trinajstić information content (AvgIpc) is 3.26. The summed E-state index contributed by atoms with van der Waals surface area (Å²) in [5, 5.41) is 3.50. The maximum Gasteiger partial charge on any atom is 0.178 e. The van der Waals surface area contributed by atoms with Crippen molar-refractivity contribution in [3.8, 4) is 11.5 Å². The molecule has 0 aliphatic heterocycles. The van der Waals surface area contributed by atoms with Crippen LogP contribution in [0.25, 0.3) is 11.5 Å². The summed E-state index contributed by atoms with van der Waals surface area (Å²) in [6, 6.07) is 3.70. The molecule has 21 heavy (non-hydrogen) atoms. The zero-order chi connectivity index (χ0) is 14.8. The normalized spacial score (nSPS) is 14.4. The highest BCUT2D eigenvalue weighted by atomic mass is 19.1. The minimum atomic E-state index is -0.352. The summed E-state index contributed by atoms with van der Waals surface area (Å²) in [5.41, 5.74) is 3.74. The monoisotopic (exact) mass is 286 g/mol. The van der Waals surface area contributed by atoms with E-state index >= 15 is 0 Å². The first kappa shape index (κ1) is 14.1. The van der Waals surface area contributed by atoms with E-state index in [9.17, 15) is 4.39 Å². The Kier molecular flexibility index (Phi) is 3.92. The van der Waals surface area contributed by atoms with E-state index in [1.165, 1.54) is 30.7 Å². The lowest BCUT2D eigenvalue weighted by atomic mass is 10.1. The molecule has 110 valence electrons. The fraction of sp³-hybridized carbons (Fsp3) is 0.438. The Morgan fingerprint density at radius 3 is 2.48 bits per heavy atom. The van der Waals surface area contributed by atoms with Crippen molar-refractivity contribution in [1.29, 1.82) is 0 Å². The van der Waals surface area contributed by atoms with Crippen LogP contribution in [-0.2, 0) is 6.42 Å². The Morgan fingerprint density at radius 1 is 1.19 bits per heavy atom. The van der Waals surface area contributed by atoms with Crippen LogP contribution in [-0.4, -0.2) is 27.5 Å². The molecule has 1 fully saturated rings. The first-order chi connectivity index (χ1) is 10.1. The van der Waals surface area contributed by atoms with Crippen LogP contribution >= 0.6 is 0 Å². The number of nitrogens with one attached hydrogen (secondary N) is 1. The Bertz CT molecular complexity index is 612. The number of hydrogen-bond acceptors (Lipinski definition) is 4. The molecule has 1 aliphatic carbocycles. The molecule has 0 atom stereocenters. The molecule has 0 spiro atoms. The summed E-state index contributed by atoms with van der Waals surface area (Å²) in [5.74, 6) is 0.207. The SMILES string of the molecule is Cc1nc(-c2ccc(F)cn2)nc(C)c1CCNC1CC1. The van der Waals surface area contributed by atoms with Gasteiger partial charge in [-0.05, 0) is 57.4 Å². The summed E-state index contributed by atoms with van der Waals surface area (Å²) in [6.45, 7) is 4.95. The molecule has 2 heterocycles. The van der Waals surface area contributed by atoms with Gasteiger partial charge in [0.05, 0.1) is 6.20 Å². The van der Waals surface area contributed by atoms with Gasteiger partial charge in [0.15, 0.2) is 5.82 Å². The summed E-state index contributed by atoms with van der Waals surface area (Å²) in [6.07, 6.45) is 4.72. The molecule has 0 radical (unpaired) electrons.